The van der Waals surface area contributed by atoms with Crippen LogP contribution < -0.4 is 21.1 Å². The number of urea groups is 1. The molecule has 212 valence electrons. The number of sulfonamides is 1. The molecule has 0 bridgehead atoms. The van der Waals surface area contributed by atoms with E-state index in [1.54, 1.807) is 44.3 Å². The Morgan fingerprint density at radius 3 is 2.49 bits per heavy atom. The number of carboxylic acids is 1. The Hall–Kier alpha value is -3.75. The molecule has 1 fully saturated rings. The standard InChI is InChI=1S/C25H34N6O7S/c1-15-8-16(2)23(17(3)9-15)39(36,37)30-20(24(33)34)12-29-22(32)14-38-19-10-18(31(13-19)25(26)35)11-28-21-6-4-5-7-27-21/h4-9,18-20,30H,10-14H2,1-3H3,(H2,26,35)(H,27,28)(H,29,32)(H,33,34)/t18-,19+,20-/m0/s1. The first-order valence-corrected chi connectivity index (χ1v) is 13.8. The number of hydrogen-bond acceptors (Lipinski definition) is 8. The minimum absolute atomic E-state index is 0.00124. The summed E-state index contributed by atoms with van der Waals surface area (Å²) in [6, 6.07) is 6.28. The molecule has 13 nitrogen and oxygen atoms in total. The summed E-state index contributed by atoms with van der Waals surface area (Å²) in [4.78, 5) is 41.6. The van der Waals surface area contributed by atoms with Gasteiger partial charge >= 0.3 is 12.0 Å². The van der Waals surface area contributed by atoms with Crippen LogP contribution in [0.2, 0.25) is 0 Å². The van der Waals surface area contributed by atoms with Gasteiger partial charge in [0.2, 0.25) is 15.9 Å². The topological polar surface area (TPSA) is 193 Å². The molecule has 1 aliphatic heterocycles. The zero-order valence-electron chi connectivity index (χ0n) is 22.0. The number of primary amides is 1. The van der Waals surface area contributed by atoms with Gasteiger partial charge in [-0.15, -0.1) is 0 Å². The maximum atomic E-state index is 12.9. The molecule has 14 heteroatoms. The quantitative estimate of drug-likeness (QED) is 0.245. The van der Waals surface area contributed by atoms with Crippen molar-refractivity contribution < 1.29 is 32.6 Å². The summed E-state index contributed by atoms with van der Waals surface area (Å²) in [6.07, 6.45) is 1.58. The van der Waals surface area contributed by atoms with Crippen molar-refractivity contribution in [2.75, 3.05) is 31.6 Å². The Kier molecular flexibility index (Phi) is 9.83. The first-order valence-electron chi connectivity index (χ1n) is 12.3. The van der Waals surface area contributed by atoms with Gasteiger partial charge in [0.1, 0.15) is 18.5 Å². The molecule has 0 radical (unpaired) electrons. The van der Waals surface area contributed by atoms with Gasteiger partial charge in [-0.1, -0.05) is 23.8 Å². The number of carbonyl (C=O) groups is 3. The highest BCUT2D eigenvalue weighted by Gasteiger charge is 2.35. The molecule has 0 aliphatic carbocycles. The van der Waals surface area contributed by atoms with Gasteiger partial charge in [0.15, 0.2) is 0 Å². The number of aliphatic carboxylic acids is 1. The van der Waals surface area contributed by atoms with E-state index in [1.165, 1.54) is 4.90 Å². The maximum absolute atomic E-state index is 12.9. The number of ether oxygens (including phenoxy) is 1. The number of aromatic nitrogens is 1. The average Bonchev–Trinajstić information content (AvgIpc) is 3.27. The Morgan fingerprint density at radius 2 is 1.90 bits per heavy atom. The normalized spacial score (nSPS) is 18.0. The molecule has 0 unspecified atom stereocenters. The number of likely N-dealkylation sites (tertiary alicyclic amines) is 1. The molecule has 1 aromatic heterocycles. The number of rotatable bonds is 12. The molecule has 6 N–H and O–H groups in total. The van der Waals surface area contributed by atoms with E-state index in [9.17, 15) is 27.9 Å². The summed E-state index contributed by atoms with van der Waals surface area (Å²) >= 11 is 0. The number of nitrogens with zero attached hydrogens (tertiary/aromatic N) is 2. The first-order chi connectivity index (χ1) is 18.4. The molecule has 1 saturated heterocycles. The number of pyridine rings is 1. The van der Waals surface area contributed by atoms with Crippen molar-refractivity contribution in [3.05, 3.63) is 53.2 Å². The number of hydrogen-bond donors (Lipinski definition) is 5. The molecular formula is C25H34N6O7S. The van der Waals surface area contributed by atoms with Crippen molar-refractivity contribution in [2.24, 2.45) is 5.73 Å². The van der Waals surface area contributed by atoms with Crippen LogP contribution in [0.5, 0.6) is 0 Å². The van der Waals surface area contributed by atoms with Crippen LogP contribution in [0.25, 0.3) is 0 Å². The Labute approximate surface area is 227 Å². The summed E-state index contributed by atoms with van der Waals surface area (Å²) in [5, 5.41) is 15.1. The van der Waals surface area contributed by atoms with E-state index in [1.807, 2.05) is 13.0 Å². The fourth-order valence-electron chi connectivity index (χ4n) is 4.62. The smallest absolute Gasteiger partial charge is 0.323 e. The lowest BCUT2D eigenvalue weighted by Crippen LogP contribution is -2.49. The van der Waals surface area contributed by atoms with Crippen LogP contribution in [0.3, 0.4) is 0 Å². The van der Waals surface area contributed by atoms with Crippen LogP contribution in [0.4, 0.5) is 10.6 Å². The van der Waals surface area contributed by atoms with Gasteiger partial charge in [-0.3, -0.25) is 9.59 Å². The zero-order chi connectivity index (χ0) is 28.7. The number of amides is 3. The van der Waals surface area contributed by atoms with Gasteiger partial charge in [0.05, 0.1) is 17.0 Å². The van der Waals surface area contributed by atoms with Crippen LogP contribution in [0, 0.1) is 20.8 Å². The second-order valence-corrected chi connectivity index (χ2v) is 11.1. The minimum atomic E-state index is -4.17. The molecule has 2 aromatic rings. The lowest BCUT2D eigenvalue weighted by Gasteiger charge is -2.22. The van der Waals surface area contributed by atoms with Crippen molar-refractivity contribution in [3.8, 4) is 0 Å². The zero-order valence-corrected chi connectivity index (χ0v) is 22.8. The van der Waals surface area contributed by atoms with E-state index in [0.717, 1.165) is 5.56 Å². The number of carboxylic acid groups (broad SMARTS) is 1. The van der Waals surface area contributed by atoms with Crippen LogP contribution in [-0.4, -0.2) is 85.7 Å². The predicted molar refractivity (Wildman–Crippen MR) is 143 cm³/mol. The highest BCUT2D eigenvalue weighted by Crippen LogP contribution is 2.22. The highest BCUT2D eigenvalue weighted by atomic mass is 32.2. The summed E-state index contributed by atoms with van der Waals surface area (Å²) in [5.41, 5.74) is 7.34. The number of benzene rings is 1. The van der Waals surface area contributed by atoms with Gasteiger partial charge in [-0.05, 0) is 50.5 Å². The van der Waals surface area contributed by atoms with Gasteiger partial charge in [-0.2, -0.15) is 4.72 Å². The third kappa shape index (κ3) is 8.12. The lowest BCUT2D eigenvalue weighted by molar-refractivity contribution is -0.139. The minimum Gasteiger partial charge on any atom is -0.480 e. The van der Waals surface area contributed by atoms with E-state index in [0.29, 0.717) is 29.9 Å². The SMILES string of the molecule is Cc1cc(C)c(S(=O)(=O)N[C@@H](CNC(=O)CO[C@@H]2C[C@@H](CNc3ccccn3)N(C(N)=O)C2)C(=O)O)c(C)c1. The monoisotopic (exact) mass is 562 g/mol. The first kappa shape index (κ1) is 29.8. The Morgan fingerprint density at radius 1 is 1.21 bits per heavy atom. The number of aryl methyl sites for hydroxylation is 3. The molecule has 3 amide bonds. The molecule has 2 heterocycles. The lowest BCUT2D eigenvalue weighted by atomic mass is 10.1. The Bertz CT molecular complexity index is 1280. The third-order valence-electron chi connectivity index (χ3n) is 6.27. The molecular weight excluding hydrogens is 528 g/mol. The molecule has 1 aromatic carbocycles. The molecule has 1 aliphatic rings. The highest BCUT2D eigenvalue weighted by molar-refractivity contribution is 7.89. The molecule has 0 saturated carbocycles. The largest absolute Gasteiger partial charge is 0.480 e. The molecule has 0 spiro atoms. The van der Waals surface area contributed by atoms with Crippen molar-refractivity contribution in [1.82, 2.24) is 19.9 Å². The molecule has 39 heavy (non-hydrogen) atoms. The number of nitrogens with two attached hydrogens (primary N) is 1. The number of nitrogens with one attached hydrogen (secondary N) is 3. The summed E-state index contributed by atoms with van der Waals surface area (Å²) < 4.78 is 33.7. The van der Waals surface area contributed by atoms with Crippen LogP contribution in [0.1, 0.15) is 23.1 Å². The maximum Gasteiger partial charge on any atom is 0.323 e. The van der Waals surface area contributed by atoms with E-state index in [2.05, 4.69) is 20.3 Å². The van der Waals surface area contributed by atoms with Crippen molar-refractivity contribution in [2.45, 2.75) is 50.3 Å². The van der Waals surface area contributed by atoms with Crippen LogP contribution in [-0.2, 0) is 24.3 Å². The van der Waals surface area contributed by atoms with Gasteiger partial charge in [-0.25, -0.2) is 18.2 Å². The van der Waals surface area contributed by atoms with Gasteiger partial charge in [0, 0.05) is 25.8 Å². The second-order valence-electron chi connectivity index (χ2n) is 9.45. The second kappa shape index (κ2) is 12.9. The number of anilines is 1. The Balaban J connectivity index is 1.52. The number of carbonyl (C=O) groups excluding carboxylic acids is 2. The summed E-state index contributed by atoms with van der Waals surface area (Å²) in [7, 11) is -4.17. The summed E-state index contributed by atoms with van der Waals surface area (Å²) in [5.74, 6) is -1.44. The fraction of sp³-hybridized carbons (Fsp3) is 0.440. The van der Waals surface area contributed by atoms with Crippen molar-refractivity contribution >= 4 is 33.7 Å². The van der Waals surface area contributed by atoms with Gasteiger partial charge in [0.25, 0.3) is 0 Å². The molecule has 3 rings (SSSR count). The van der Waals surface area contributed by atoms with Crippen LogP contribution in [0.15, 0.2) is 41.4 Å². The summed E-state index contributed by atoms with van der Waals surface area (Å²) in [6.45, 7) is 4.76. The fourth-order valence-corrected chi connectivity index (χ4v) is 6.27. The van der Waals surface area contributed by atoms with Gasteiger partial charge < -0.3 is 31.1 Å². The van der Waals surface area contributed by atoms with Crippen molar-refractivity contribution in [1.29, 1.82) is 0 Å². The van der Waals surface area contributed by atoms with Crippen molar-refractivity contribution in [3.63, 3.8) is 0 Å². The van der Waals surface area contributed by atoms with E-state index < -0.39 is 53.2 Å². The average molecular weight is 563 g/mol. The van der Waals surface area contributed by atoms with E-state index in [4.69, 9.17) is 10.5 Å². The predicted octanol–water partition coefficient (Wildman–Crippen LogP) is 0.505. The van der Waals surface area contributed by atoms with Crippen LogP contribution >= 0.6 is 0 Å². The third-order valence-corrected chi connectivity index (χ3v) is 8.04. The molecule has 3 atom stereocenters. The van der Waals surface area contributed by atoms with E-state index >= 15 is 0 Å². The van der Waals surface area contributed by atoms with E-state index in [-0.39, 0.29) is 17.5 Å².